The normalized spacial score (nSPS) is 13.7. The van der Waals surface area contributed by atoms with Crippen LogP contribution in [0.25, 0.3) is 0 Å². The second-order valence-corrected chi connectivity index (χ2v) is 9.27. The molecule has 30 heavy (non-hydrogen) atoms. The Bertz CT molecular complexity index is 989. The van der Waals surface area contributed by atoms with E-state index in [1.807, 2.05) is 19.1 Å². The fraction of sp³-hybridized carbons (Fsp3) is 0.409. The number of aryl methyl sites for hydroxylation is 1. The average Bonchev–Trinajstić information content (AvgIpc) is 3.18. The number of sulfonamides is 1. The number of benzene rings is 2. The molecule has 2 aromatic carbocycles. The summed E-state index contributed by atoms with van der Waals surface area (Å²) >= 11 is 0. The summed E-state index contributed by atoms with van der Waals surface area (Å²) in [5, 5.41) is 2.98. The van der Waals surface area contributed by atoms with E-state index in [4.69, 9.17) is 9.47 Å². The summed E-state index contributed by atoms with van der Waals surface area (Å²) in [6.07, 6.45) is 2.75. The molecule has 1 heterocycles. The summed E-state index contributed by atoms with van der Waals surface area (Å²) in [6.45, 7) is 4.36. The van der Waals surface area contributed by atoms with Crippen molar-refractivity contribution in [1.82, 2.24) is 5.32 Å². The van der Waals surface area contributed by atoms with Gasteiger partial charge in [0, 0.05) is 19.0 Å². The molecule has 3 rings (SSSR count). The number of hydrogen-bond acceptors (Lipinski definition) is 5. The van der Waals surface area contributed by atoms with Gasteiger partial charge >= 0.3 is 0 Å². The van der Waals surface area contributed by atoms with Crippen molar-refractivity contribution in [3.05, 3.63) is 53.6 Å². The van der Waals surface area contributed by atoms with Crippen LogP contribution in [0.4, 0.5) is 5.69 Å². The summed E-state index contributed by atoms with van der Waals surface area (Å²) in [7, 11) is -3.50. The van der Waals surface area contributed by atoms with Gasteiger partial charge in [-0.05, 0) is 43.0 Å². The predicted octanol–water partition coefficient (Wildman–Crippen LogP) is 3.40. The van der Waals surface area contributed by atoms with Crippen molar-refractivity contribution in [2.45, 2.75) is 39.2 Å². The van der Waals surface area contributed by atoms with Crippen LogP contribution in [-0.2, 0) is 21.2 Å². The molecule has 0 radical (unpaired) electrons. The van der Waals surface area contributed by atoms with Gasteiger partial charge in [0.25, 0.3) is 0 Å². The van der Waals surface area contributed by atoms with Crippen LogP contribution in [0.1, 0.15) is 43.9 Å². The number of nitrogens with one attached hydrogen (secondary N) is 1. The molecule has 8 heteroatoms. The van der Waals surface area contributed by atoms with E-state index in [0.717, 1.165) is 18.2 Å². The van der Waals surface area contributed by atoms with Crippen LogP contribution in [0, 0.1) is 0 Å². The number of anilines is 1. The minimum Gasteiger partial charge on any atom is -0.454 e. The number of carbonyl (C=O) groups is 1. The topological polar surface area (TPSA) is 84.9 Å². The van der Waals surface area contributed by atoms with E-state index in [1.54, 1.807) is 18.2 Å². The lowest BCUT2D eigenvalue weighted by Crippen LogP contribution is -2.32. The fourth-order valence-corrected chi connectivity index (χ4v) is 4.31. The Balaban J connectivity index is 1.56. The minimum absolute atomic E-state index is 0.108. The molecule has 1 amide bonds. The van der Waals surface area contributed by atoms with Gasteiger partial charge in [0.05, 0.1) is 18.0 Å². The van der Waals surface area contributed by atoms with Crippen LogP contribution in [0.2, 0.25) is 0 Å². The summed E-state index contributed by atoms with van der Waals surface area (Å²) in [5.41, 5.74) is 2.78. The lowest BCUT2D eigenvalue weighted by Gasteiger charge is -2.23. The predicted molar refractivity (Wildman–Crippen MR) is 116 cm³/mol. The van der Waals surface area contributed by atoms with Gasteiger partial charge in [0.1, 0.15) is 0 Å². The number of carbonyl (C=O) groups excluding carboxylic acids is 1. The molecule has 7 nitrogen and oxygen atoms in total. The van der Waals surface area contributed by atoms with Gasteiger partial charge in [-0.2, -0.15) is 0 Å². The third-order valence-electron chi connectivity index (χ3n) is 5.07. The Morgan fingerprint density at radius 1 is 1.13 bits per heavy atom. The Morgan fingerprint density at radius 2 is 1.83 bits per heavy atom. The Morgan fingerprint density at radius 3 is 2.50 bits per heavy atom. The Labute approximate surface area is 178 Å². The summed E-state index contributed by atoms with van der Waals surface area (Å²) in [5.74, 6) is 0.996. The van der Waals surface area contributed by atoms with Gasteiger partial charge in [-0.1, -0.05) is 31.2 Å². The number of amides is 1. The van der Waals surface area contributed by atoms with E-state index in [9.17, 15) is 13.2 Å². The summed E-state index contributed by atoms with van der Waals surface area (Å²) < 4.78 is 36.5. The summed E-state index contributed by atoms with van der Waals surface area (Å²) in [4.78, 5) is 12.4. The Kier molecular flexibility index (Phi) is 6.87. The highest BCUT2D eigenvalue weighted by Crippen LogP contribution is 2.36. The largest absolute Gasteiger partial charge is 0.454 e. The molecular formula is C22H28N2O5S. The van der Waals surface area contributed by atoms with Crippen molar-refractivity contribution in [3.8, 4) is 11.5 Å². The number of hydrogen-bond donors (Lipinski definition) is 1. The van der Waals surface area contributed by atoms with Gasteiger partial charge in [0.15, 0.2) is 11.5 Å². The highest BCUT2D eigenvalue weighted by molar-refractivity contribution is 7.92. The molecule has 1 aliphatic rings. The molecule has 1 aliphatic heterocycles. The molecule has 0 bridgehead atoms. The van der Waals surface area contributed by atoms with Crippen molar-refractivity contribution in [2.24, 2.45) is 0 Å². The molecule has 0 spiro atoms. The first kappa shape index (κ1) is 22.0. The first-order valence-electron chi connectivity index (χ1n) is 10.0. The van der Waals surface area contributed by atoms with Crippen molar-refractivity contribution >= 4 is 21.6 Å². The molecule has 0 aliphatic carbocycles. The zero-order valence-corrected chi connectivity index (χ0v) is 18.4. The van der Waals surface area contributed by atoms with E-state index in [0.29, 0.717) is 23.6 Å². The van der Waals surface area contributed by atoms with E-state index >= 15 is 0 Å². The third-order valence-corrected chi connectivity index (χ3v) is 6.27. The van der Waals surface area contributed by atoms with Crippen LogP contribution in [0.15, 0.2) is 42.5 Å². The number of fused-ring (bicyclic) bond motifs is 1. The third kappa shape index (κ3) is 5.44. The molecule has 0 saturated heterocycles. The quantitative estimate of drug-likeness (QED) is 0.656. The van der Waals surface area contributed by atoms with Gasteiger partial charge in [-0.25, -0.2) is 8.42 Å². The number of ether oxygens (including phenoxy) is 2. The van der Waals surface area contributed by atoms with Crippen molar-refractivity contribution in [3.63, 3.8) is 0 Å². The molecule has 1 atom stereocenters. The smallest absolute Gasteiger partial charge is 0.232 e. The first-order chi connectivity index (χ1) is 14.3. The zero-order valence-electron chi connectivity index (χ0n) is 17.6. The van der Waals surface area contributed by atoms with Crippen molar-refractivity contribution in [1.29, 1.82) is 0 Å². The van der Waals surface area contributed by atoms with Crippen LogP contribution < -0.4 is 19.1 Å². The van der Waals surface area contributed by atoms with Crippen LogP contribution in [0.5, 0.6) is 11.5 Å². The van der Waals surface area contributed by atoms with Crippen molar-refractivity contribution < 1.29 is 22.7 Å². The molecule has 0 unspecified atom stereocenters. The lowest BCUT2D eigenvalue weighted by atomic mass is 10.0. The zero-order chi connectivity index (χ0) is 21.7. The second-order valence-electron chi connectivity index (χ2n) is 7.36. The number of rotatable bonds is 9. The standard InChI is InChI=1S/C22H28N2O5S/c1-4-17-7-9-18(10-8-17)16(2)23-22(25)6-5-13-24(30(3,26)27)19-11-12-20-21(14-19)29-15-28-20/h7-12,14,16H,4-6,13,15H2,1-3H3,(H,23,25)/t16-/m0/s1. The highest BCUT2D eigenvalue weighted by atomic mass is 32.2. The molecule has 162 valence electrons. The van der Waals surface area contributed by atoms with Crippen molar-refractivity contribution in [2.75, 3.05) is 23.9 Å². The molecule has 0 saturated carbocycles. The van der Waals surface area contributed by atoms with Gasteiger partial charge in [-0.15, -0.1) is 0 Å². The van der Waals surface area contributed by atoms with E-state index in [1.165, 1.54) is 9.87 Å². The monoisotopic (exact) mass is 432 g/mol. The Hall–Kier alpha value is -2.74. The van der Waals surface area contributed by atoms with Crippen LogP contribution in [-0.4, -0.2) is 33.9 Å². The van der Waals surface area contributed by atoms with E-state index < -0.39 is 10.0 Å². The second kappa shape index (κ2) is 9.38. The summed E-state index contributed by atoms with van der Waals surface area (Å²) in [6, 6.07) is 13.1. The maximum atomic E-state index is 12.4. The molecule has 1 N–H and O–H groups in total. The SMILES string of the molecule is CCc1ccc([C@H](C)NC(=O)CCCN(c2ccc3c(c2)OCO3)S(C)(=O)=O)cc1. The van der Waals surface area contributed by atoms with Gasteiger partial charge in [-0.3, -0.25) is 9.10 Å². The molecule has 2 aromatic rings. The first-order valence-corrected chi connectivity index (χ1v) is 11.9. The molecular weight excluding hydrogens is 404 g/mol. The van der Waals surface area contributed by atoms with Crippen LogP contribution in [0.3, 0.4) is 0 Å². The fourth-order valence-electron chi connectivity index (χ4n) is 3.35. The molecule has 0 fully saturated rings. The molecule has 0 aromatic heterocycles. The average molecular weight is 433 g/mol. The highest BCUT2D eigenvalue weighted by Gasteiger charge is 2.21. The minimum atomic E-state index is -3.50. The van der Waals surface area contributed by atoms with Crippen LogP contribution >= 0.6 is 0 Å². The van der Waals surface area contributed by atoms with E-state index in [2.05, 4.69) is 24.4 Å². The van der Waals surface area contributed by atoms with E-state index in [-0.39, 0.29) is 31.7 Å². The maximum Gasteiger partial charge on any atom is 0.232 e. The maximum absolute atomic E-state index is 12.4. The van der Waals surface area contributed by atoms with Gasteiger partial charge in [0.2, 0.25) is 22.7 Å². The number of nitrogens with zero attached hydrogens (tertiary/aromatic N) is 1. The van der Waals surface area contributed by atoms with Gasteiger partial charge < -0.3 is 14.8 Å². The lowest BCUT2D eigenvalue weighted by molar-refractivity contribution is -0.121.